The monoisotopic (exact) mass is 459 g/mol. The van der Waals surface area contributed by atoms with Crippen molar-refractivity contribution < 1.29 is 14.7 Å². The SMILES string of the molecule is CCNC(=O)CCCCCCC[C@@H]1C[C@H]2CC(=O)CC[C@]2(C)[C@H]2CC[C@]3(C)[C@@H](O)CC[C@H]3[C@H]12. The number of aliphatic hydroxyl groups is 1. The van der Waals surface area contributed by atoms with Crippen LogP contribution in [0.5, 0.6) is 0 Å². The number of hydrogen-bond donors (Lipinski definition) is 2. The van der Waals surface area contributed by atoms with Crippen molar-refractivity contribution in [3.63, 3.8) is 0 Å². The summed E-state index contributed by atoms with van der Waals surface area (Å²) in [5.74, 6) is 4.15. The van der Waals surface area contributed by atoms with Crippen molar-refractivity contribution in [1.29, 1.82) is 0 Å². The van der Waals surface area contributed by atoms with Crippen LogP contribution in [-0.2, 0) is 9.59 Å². The van der Waals surface area contributed by atoms with E-state index < -0.39 is 0 Å². The molecule has 0 heterocycles. The quantitative estimate of drug-likeness (QED) is 0.412. The summed E-state index contributed by atoms with van der Waals surface area (Å²) in [6.07, 6.45) is 16.3. The van der Waals surface area contributed by atoms with E-state index in [1.807, 2.05) is 6.92 Å². The van der Waals surface area contributed by atoms with Crippen LogP contribution in [0.3, 0.4) is 0 Å². The molecule has 4 nitrogen and oxygen atoms in total. The third-order valence-electron chi connectivity index (χ3n) is 11.0. The molecule has 4 saturated carbocycles. The Balaban J connectivity index is 1.37. The number of hydrogen-bond acceptors (Lipinski definition) is 3. The van der Waals surface area contributed by atoms with Crippen LogP contribution >= 0.6 is 0 Å². The number of fused-ring (bicyclic) bond motifs is 5. The van der Waals surface area contributed by atoms with Gasteiger partial charge in [-0.25, -0.2) is 0 Å². The molecule has 0 unspecified atom stereocenters. The lowest BCUT2D eigenvalue weighted by Crippen LogP contribution is -2.57. The highest BCUT2D eigenvalue weighted by atomic mass is 16.3. The maximum Gasteiger partial charge on any atom is 0.219 e. The van der Waals surface area contributed by atoms with E-state index in [-0.39, 0.29) is 17.4 Å². The van der Waals surface area contributed by atoms with Crippen LogP contribution in [0.2, 0.25) is 0 Å². The van der Waals surface area contributed by atoms with Gasteiger partial charge in [-0.3, -0.25) is 9.59 Å². The second kappa shape index (κ2) is 10.4. The fraction of sp³-hybridized carbons (Fsp3) is 0.931. The Morgan fingerprint density at radius 1 is 1.00 bits per heavy atom. The van der Waals surface area contributed by atoms with Crippen LogP contribution in [0.25, 0.3) is 0 Å². The van der Waals surface area contributed by atoms with Crippen LogP contribution < -0.4 is 5.32 Å². The lowest BCUT2D eigenvalue weighted by atomic mass is 9.42. The van der Waals surface area contributed by atoms with Gasteiger partial charge in [-0.2, -0.15) is 0 Å². The molecule has 2 N–H and O–H groups in total. The molecule has 0 aliphatic heterocycles. The molecule has 0 spiro atoms. The number of carbonyl (C=O) groups excluding carboxylic acids is 2. The number of unbranched alkanes of at least 4 members (excludes halogenated alkanes) is 4. The Bertz CT molecular complexity index is 707. The van der Waals surface area contributed by atoms with Gasteiger partial charge in [-0.1, -0.05) is 46.0 Å². The smallest absolute Gasteiger partial charge is 0.219 e. The molecule has 33 heavy (non-hydrogen) atoms. The molecule has 8 atom stereocenters. The van der Waals surface area contributed by atoms with Gasteiger partial charge in [0.15, 0.2) is 0 Å². The zero-order chi connectivity index (χ0) is 23.6. The molecule has 0 aromatic heterocycles. The Kier molecular flexibility index (Phi) is 7.93. The minimum absolute atomic E-state index is 0.117. The van der Waals surface area contributed by atoms with E-state index in [2.05, 4.69) is 19.2 Å². The molecule has 0 saturated heterocycles. The van der Waals surface area contributed by atoms with Crippen molar-refractivity contribution in [3.8, 4) is 0 Å². The highest BCUT2D eigenvalue weighted by Crippen LogP contribution is 2.67. The molecule has 188 valence electrons. The average Bonchev–Trinajstić information content (AvgIpc) is 3.08. The fourth-order valence-corrected chi connectivity index (χ4v) is 9.00. The van der Waals surface area contributed by atoms with Gasteiger partial charge in [0, 0.05) is 25.8 Å². The van der Waals surface area contributed by atoms with Gasteiger partial charge in [-0.05, 0) is 92.3 Å². The van der Waals surface area contributed by atoms with E-state index in [1.54, 1.807) is 0 Å². The van der Waals surface area contributed by atoms with Crippen molar-refractivity contribution >= 4 is 11.7 Å². The van der Waals surface area contributed by atoms with E-state index in [0.29, 0.717) is 29.5 Å². The number of amides is 1. The van der Waals surface area contributed by atoms with Gasteiger partial charge in [0.1, 0.15) is 5.78 Å². The van der Waals surface area contributed by atoms with Crippen molar-refractivity contribution in [2.24, 2.45) is 40.4 Å². The van der Waals surface area contributed by atoms with Crippen molar-refractivity contribution in [3.05, 3.63) is 0 Å². The van der Waals surface area contributed by atoms with E-state index in [1.165, 1.54) is 51.4 Å². The van der Waals surface area contributed by atoms with Gasteiger partial charge in [-0.15, -0.1) is 0 Å². The summed E-state index contributed by atoms with van der Waals surface area (Å²) >= 11 is 0. The standard InChI is InChI=1S/C29H49NO3/c1-4-30-26(33)11-9-7-5-6-8-10-20-18-21-19-22(31)14-16-28(21,2)24-15-17-29(3)23(27(20)24)12-13-25(29)32/h20-21,23-25,27,32H,4-19H2,1-3H3,(H,30,33)/t20-,21+,23+,24+,25+,27+,28+,29+/m1/s1. The Hall–Kier alpha value is -0.900. The molecule has 4 heteroatoms. The van der Waals surface area contributed by atoms with E-state index in [9.17, 15) is 14.7 Å². The molecule has 1 amide bonds. The maximum atomic E-state index is 12.4. The summed E-state index contributed by atoms with van der Waals surface area (Å²) in [5, 5.41) is 13.8. The summed E-state index contributed by atoms with van der Waals surface area (Å²) in [6, 6.07) is 0. The summed E-state index contributed by atoms with van der Waals surface area (Å²) in [5.41, 5.74) is 0.454. The molecule has 0 aromatic rings. The van der Waals surface area contributed by atoms with E-state index >= 15 is 0 Å². The van der Waals surface area contributed by atoms with Crippen molar-refractivity contribution in [1.82, 2.24) is 5.32 Å². The van der Waals surface area contributed by atoms with Crippen LogP contribution in [0.4, 0.5) is 0 Å². The highest BCUT2D eigenvalue weighted by Gasteiger charge is 2.62. The summed E-state index contributed by atoms with van der Waals surface area (Å²) in [7, 11) is 0. The van der Waals surface area contributed by atoms with Crippen LogP contribution in [-0.4, -0.2) is 29.4 Å². The zero-order valence-electron chi connectivity index (χ0n) is 21.5. The Morgan fingerprint density at radius 2 is 1.73 bits per heavy atom. The number of rotatable bonds is 9. The predicted molar refractivity (Wildman–Crippen MR) is 133 cm³/mol. The molecule has 0 bridgehead atoms. The fourth-order valence-electron chi connectivity index (χ4n) is 9.00. The van der Waals surface area contributed by atoms with Gasteiger partial charge in [0.25, 0.3) is 0 Å². The highest BCUT2D eigenvalue weighted by molar-refractivity contribution is 5.79. The summed E-state index contributed by atoms with van der Waals surface area (Å²) < 4.78 is 0. The molecule has 0 radical (unpaired) electrons. The first kappa shape index (κ1) is 25.2. The molecule has 4 fully saturated rings. The second-order valence-electron chi connectivity index (χ2n) is 12.6. The zero-order valence-corrected chi connectivity index (χ0v) is 21.5. The first-order valence-corrected chi connectivity index (χ1v) is 14.3. The molecular weight excluding hydrogens is 410 g/mol. The van der Waals surface area contributed by atoms with Gasteiger partial charge >= 0.3 is 0 Å². The van der Waals surface area contributed by atoms with Crippen LogP contribution in [0.15, 0.2) is 0 Å². The molecule has 4 aliphatic carbocycles. The molecule has 0 aromatic carbocycles. The molecular formula is C29H49NO3. The third kappa shape index (κ3) is 4.93. The van der Waals surface area contributed by atoms with Crippen molar-refractivity contribution in [2.75, 3.05) is 6.54 Å². The topological polar surface area (TPSA) is 66.4 Å². The van der Waals surface area contributed by atoms with E-state index in [4.69, 9.17) is 0 Å². The van der Waals surface area contributed by atoms with Gasteiger partial charge in [0.05, 0.1) is 6.10 Å². The first-order valence-electron chi connectivity index (χ1n) is 14.3. The first-order chi connectivity index (χ1) is 15.8. The maximum absolute atomic E-state index is 12.4. The minimum atomic E-state index is -0.118. The number of nitrogens with one attached hydrogen (secondary N) is 1. The lowest BCUT2D eigenvalue weighted by Gasteiger charge is -2.62. The minimum Gasteiger partial charge on any atom is -0.393 e. The van der Waals surface area contributed by atoms with Gasteiger partial charge < -0.3 is 10.4 Å². The second-order valence-corrected chi connectivity index (χ2v) is 12.6. The Morgan fingerprint density at radius 3 is 2.52 bits per heavy atom. The average molecular weight is 460 g/mol. The normalized spacial score (nSPS) is 42.4. The molecule has 4 rings (SSSR count). The van der Waals surface area contributed by atoms with Crippen LogP contribution in [0, 0.1) is 40.4 Å². The van der Waals surface area contributed by atoms with Gasteiger partial charge in [0.2, 0.25) is 5.91 Å². The number of carbonyl (C=O) groups is 2. The lowest BCUT2D eigenvalue weighted by molar-refractivity contribution is -0.156. The number of Topliss-reactive ketones (excluding diaryl/α,β-unsaturated/α-hetero) is 1. The van der Waals surface area contributed by atoms with Crippen molar-refractivity contribution in [2.45, 2.75) is 123 Å². The molecule has 4 aliphatic rings. The predicted octanol–water partition coefficient (Wildman–Crippen LogP) is 6.05. The van der Waals surface area contributed by atoms with Crippen LogP contribution in [0.1, 0.15) is 117 Å². The Labute approximate surface area is 202 Å². The van der Waals surface area contributed by atoms with E-state index in [0.717, 1.165) is 62.8 Å². The summed E-state index contributed by atoms with van der Waals surface area (Å²) in [4.78, 5) is 24.0. The number of aliphatic hydroxyl groups excluding tert-OH is 1. The number of ketones is 1. The summed E-state index contributed by atoms with van der Waals surface area (Å²) in [6.45, 7) is 7.61. The largest absolute Gasteiger partial charge is 0.393 e. The third-order valence-corrected chi connectivity index (χ3v) is 11.0.